The molecule has 0 heterocycles. The van der Waals surface area contributed by atoms with E-state index in [2.05, 4.69) is 5.32 Å². The highest BCUT2D eigenvalue weighted by Crippen LogP contribution is 1.93. The van der Waals surface area contributed by atoms with Crippen LogP contribution in [0.3, 0.4) is 0 Å². The Morgan fingerprint density at radius 2 is 2.06 bits per heavy atom. The van der Waals surface area contributed by atoms with E-state index in [0.717, 1.165) is 0 Å². The van der Waals surface area contributed by atoms with Crippen LogP contribution in [0.5, 0.6) is 0 Å². The van der Waals surface area contributed by atoms with E-state index in [4.69, 9.17) is 14.9 Å². The number of amides is 2. The van der Waals surface area contributed by atoms with Crippen LogP contribution in [-0.2, 0) is 9.53 Å². The summed E-state index contributed by atoms with van der Waals surface area (Å²) in [6.45, 7) is 2.90. The molecular weight excluding hydrogens is 240 g/mol. The number of urea groups is 1. The van der Waals surface area contributed by atoms with E-state index >= 15 is 0 Å². The summed E-state index contributed by atoms with van der Waals surface area (Å²) in [4.78, 5) is 23.1. The molecule has 0 radical (unpaired) electrons. The van der Waals surface area contributed by atoms with Crippen LogP contribution in [-0.4, -0.2) is 66.6 Å². The highest BCUT2D eigenvalue weighted by Gasteiger charge is 2.08. The summed E-state index contributed by atoms with van der Waals surface area (Å²) in [6, 6.07) is -0.238. The van der Waals surface area contributed by atoms with Crippen LogP contribution in [0.2, 0.25) is 0 Å². The predicted octanol–water partition coefficient (Wildman–Crippen LogP) is -0.110. The number of nitrogens with zero attached hydrogens (tertiary/aromatic N) is 1. The van der Waals surface area contributed by atoms with Crippen LogP contribution in [0.1, 0.15) is 19.8 Å². The number of carboxylic acid groups (broad SMARTS) is 1. The van der Waals surface area contributed by atoms with E-state index in [1.165, 1.54) is 4.90 Å². The third-order valence-corrected chi connectivity index (χ3v) is 2.21. The molecule has 3 N–H and O–H groups in total. The van der Waals surface area contributed by atoms with Crippen molar-refractivity contribution in [1.29, 1.82) is 0 Å². The van der Waals surface area contributed by atoms with Crippen molar-refractivity contribution >= 4 is 12.0 Å². The first-order valence-corrected chi connectivity index (χ1v) is 5.90. The number of carbonyl (C=O) groups excluding carboxylic acids is 1. The van der Waals surface area contributed by atoms with Crippen LogP contribution in [0.15, 0.2) is 0 Å². The van der Waals surface area contributed by atoms with Crippen molar-refractivity contribution in [3.8, 4) is 0 Å². The van der Waals surface area contributed by atoms with E-state index < -0.39 is 12.1 Å². The Hall–Kier alpha value is -1.34. The summed E-state index contributed by atoms with van der Waals surface area (Å²) < 4.78 is 5.02. The molecule has 1 unspecified atom stereocenters. The van der Waals surface area contributed by atoms with Crippen molar-refractivity contribution in [2.75, 3.05) is 33.4 Å². The summed E-state index contributed by atoms with van der Waals surface area (Å²) in [7, 11) is 1.64. The van der Waals surface area contributed by atoms with Gasteiger partial charge in [-0.1, -0.05) is 0 Å². The van der Waals surface area contributed by atoms with Crippen LogP contribution in [0.25, 0.3) is 0 Å². The minimum atomic E-state index is -0.906. The van der Waals surface area contributed by atoms with E-state index in [0.29, 0.717) is 19.5 Å². The highest BCUT2D eigenvalue weighted by molar-refractivity contribution is 5.73. The third-order valence-electron chi connectivity index (χ3n) is 2.21. The van der Waals surface area contributed by atoms with Crippen LogP contribution in [0.4, 0.5) is 4.79 Å². The van der Waals surface area contributed by atoms with Gasteiger partial charge in [-0.3, -0.25) is 4.79 Å². The normalized spacial score (nSPS) is 11.9. The van der Waals surface area contributed by atoms with Crippen molar-refractivity contribution in [2.24, 2.45) is 0 Å². The van der Waals surface area contributed by atoms with Crippen molar-refractivity contribution in [2.45, 2.75) is 25.9 Å². The lowest BCUT2D eigenvalue weighted by molar-refractivity contribution is -0.138. The number of rotatable bonds is 9. The lowest BCUT2D eigenvalue weighted by Gasteiger charge is -2.18. The molecule has 7 nitrogen and oxygen atoms in total. The van der Waals surface area contributed by atoms with Crippen molar-refractivity contribution in [3.05, 3.63) is 0 Å². The minimum absolute atomic E-state index is 0.0394. The average molecular weight is 262 g/mol. The minimum Gasteiger partial charge on any atom is -0.481 e. The van der Waals surface area contributed by atoms with E-state index in [9.17, 15) is 9.59 Å². The zero-order chi connectivity index (χ0) is 14.0. The maximum absolute atomic E-state index is 11.5. The molecule has 106 valence electrons. The molecule has 0 aliphatic heterocycles. The SMILES string of the molecule is CC(O)CCN(C)C(=O)NCCOCCC(=O)O. The van der Waals surface area contributed by atoms with E-state index in [1.807, 2.05) is 0 Å². The van der Waals surface area contributed by atoms with Crippen LogP contribution in [0, 0.1) is 0 Å². The Bertz CT molecular complexity index is 258. The molecule has 0 saturated carbocycles. The molecule has 0 aromatic rings. The van der Waals surface area contributed by atoms with Gasteiger partial charge in [0.15, 0.2) is 0 Å². The number of hydrogen-bond acceptors (Lipinski definition) is 4. The largest absolute Gasteiger partial charge is 0.481 e. The summed E-state index contributed by atoms with van der Waals surface area (Å²) >= 11 is 0. The number of ether oxygens (including phenoxy) is 1. The molecule has 0 aromatic heterocycles. The van der Waals surface area contributed by atoms with Gasteiger partial charge in [-0.15, -0.1) is 0 Å². The molecule has 0 spiro atoms. The van der Waals surface area contributed by atoms with Gasteiger partial charge in [-0.2, -0.15) is 0 Å². The highest BCUT2D eigenvalue weighted by atomic mass is 16.5. The second-order valence-corrected chi connectivity index (χ2v) is 4.05. The molecule has 0 fully saturated rings. The topological polar surface area (TPSA) is 99.1 Å². The van der Waals surface area contributed by atoms with Gasteiger partial charge in [0.1, 0.15) is 0 Å². The van der Waals surface area contributed by atoms with Gasteiger partial charge in [0.05, 0.1) is 25.7 Å². The summed E-state index contributed by atoms with van der Waals surface area (Å²) in [5, 5.41) is 20.1. The molecule has 2 amide bonds. The third kappa shape index (κ3) is 9.86. The van der Waals surface area contributed by atoms with Crippen LogP contribution < -0.4 is 5.32 Å². The molecule has 18 heavy (non-hydrogen) atoms. The lowest BCUT2D eigenvalue weighted by atomic mass is 10.3. The van der Waals surface area contributed by atoms with Crippen LogP contribution >= 0.6 is 0 Å². The number of aliphatic hydroxyl groups is 1. The number of hydrogen-bond donors (Lipinski definition) is 3. The summed E-state index contributed by atoms with van der Waals surface area (Å²) in [6.07, 6.45) is 0.0564. The van der Waals surface area contributed by atoms with E-state index in [1.54, 1.807) is 14.0 Å². The fraction of sp³-hybridized carbons (Fsp3) is 0.818. The lowest BCUT2D eigenvalue weighted by Crippen LogP contribution is -2.39. The molecule has 7 heteroatoms. The maximum atomic E-state index is 11.5. The van der Waals surface area contributed by atoms with Crippen molar-refractivity contribution < 1.29 is 24.5 Å². The predicted molar refractivity (Wildman–Crippen MR) is 65.4 cm³/mol. The first-order chi connectivity index (χ1) is 8.43. The zero-order valence-corrected chi connectivity index (χ0v) is 10.9. The Morgan fingerprint density at radius 1 is 1.39 bits per heavy atom. The Morgan fingerprint density at radius 3 is 2.61 bits per heavy atom. The first kappa shape index (κ1) is 16.7. The fourth-order valence-electron chi connectivity index (χ4n) is 1.11. The van der Waals surface area contributed by atoms with Gasteiger partial charge in [0, 0.05) is 20.1 Å². The first-order valence-electron chi connectivity index (χ1n) is 5.90. The molecular formula is C11H22N2O5. The van der Waals surface area contributed by atoms with Gasteiger partial charge in [0.25, 0.3) is 0 Å². The molecule has 0 rings (SSSR count). The quantitative estimate of drug-likeness (QED) is 0.503. The number of carboxylic acids is 1. The molecule has 1 atom stereocenters. The molecule has 0 aliphatic rings. The molecule has 0 aromatic carbocycles. The molecule has 0 saturated heterocycles. The summed E-state index contributed by atoms with van der Waals surface area (Å²) in [5.74, 6) is -0.906. The van der Waals surface area contributed by atoms with Gasteiger partial charge in [-0.05, 0) is 13.3 Å². The standard InChI is InChI=1S/C11H22N2O5/c1-9(14)3-6-13(2)11(17)12-5-8-18-7-4-10(15)16/h9,14H,3-8H2,1-2H3,(H,12,17)(H,15,16). The smallest absolute Gasteiger partial charge is 0.317 e. The summed E-state index contributed by atoms with van der Waals surface area (Å²) in [5.41, 5.74) is 0. The zero-order valence-electron chi connectivity index (χ0n) is 10.9. The number of aliphatic carboxylic acids is 1. The number of carbonyl (C=O) groups is 2. The second-order valence-electron chi connectivity index (χ2n) is 4.05. The fourth-order valence-corrected chi connectivity index (χ4v) is 1.11. The van der Waals surface area contributed by atoms with Crippen molar-refractivity contribution in [1.82, 2.24) is 10.2 Å². The molecule has 0 bridgehead atoms. The average Bonchev–Trinajstić information content (AvgIpc) is 2.29. The monoisotopic (exact) mass is 262 g/mol. The Balaban J connectivity index is 3.49. The second kappa shape index (κ2) is 9.67. The number of nitrogens with one attached hydrogen (secondary N) is 1. The van der Waals surface area contributed by atoms with Gasteiger partial charge < -0.3 is 25.2 Å². The van der Waals surface area contributed by atoms with Gasteiger partial charge >= 0.3 is 12.0 Å². The Labute approximate surface area is 107 Å². The van der Waals surface area contributed by atoms with Gasteiger partial charge in [-0.25, -0.2) is 4.79 Å². The van der Waals surface area contributed by atoms with E-state index in [-0.39, 0.29) is 25.7 Å². The van der Waals surface area contributed by atoms with Crippen molar-refractivity contribution in [3.63, 3.8) is 0 Å². The number of aliphatic hydroxyl groups excluding tert-OH is 1. The van der Waals surface area contributed by atoms with Gasteiger partial charge in [0.2, 0.25) is 0 Å². The Kier molecular flexibility index (Phi) is 8.95. The molecule has 0 aliphatic carbocycles. The maximum Gasteiger partial charge on any atom is 0.317 e.